The highest BCUT2D eigenvalue weighted by atomic mass is 16.5. The third-order valence-electron chi connectivity index (χ3n) is 12.2. The molecule has 2 aliphatic carbocycles. The number of fused-ring (bicyclic) bond motifs is 2. The third kappa shape index (κ3) is 10.9. The molecule has 10 nitrogen and oxygen atoms in total. The second-order valence-corrected chi connectivity index (χ2v) is 16.2. The zero-order valence-corrected chi connectivity index (χ0v) is 32.5. The molecule has 4 aliphatic rings. The Balaban J connectivity index is 1.14. The van der Waals surface area contributed by atoms with Crippen LogP contribution in [0.25, 0.3) is 6.08 Å². The molecule has 1 saturated heterocycles. The van der Waals surface area contributed by atoms with Crippen molar-refractivity contribution in [1.29, 1.82) is 0 Å². The van der Waals surface area contributed by atoms with Crippen molar-refractivity contribution in [2.24, 2.45) is 29.4 Å². The van der Waals surface area contributed by atoms with Crippen LogP contribution in [0.15, 0.2) is 72.1 Å². The summed E-state index contributed by atoms with van der Waals surface area (Å²) < 4.78 is 5.40. The van der Waals surface area contributed by atoms with E-state index in [9.17, 15) is 30.0 Å². The van der Waals surface area contributed by atoms with Crippen LogP contribution in [0.1, 0.15) is 93.2 Å². The zero-order chi connectivity index (χ0) is 39.6. The van der Waals surface area contributed by atoms with Crippen LogP contribution < -0.4 is 21.1 Å². The minimum Gasteiger partial charge on any atom is -0.504 e. The molecule has 2 aliphatic heterocycles. The number of methoxy groups -OCH3 is 1. The predicted molar refractivity (Wildman–Crippen MR) is 217 cm³/mol. The number of hydrogen-bond donors (Lipinski definition) is 7. The van der Waals surface area contributed by atoms with E-state index in [1.165, 1.54) is 7.11 Å². The summed E-state index contributed by atoms with van der Waals surface area (Å²) >= 11 is 0. The molecule has 8 N–H and O–H groups in total. The number of hydrogen-bond acceptors (Lipinski definition) is 10. The van der Waals surface area contributed by atoms with Crippen molar-refractivity contribution in [2.45, 2.75) is 107 Å². The summed E-state index contributed by atoms with van der Waals surface area (Å²) in [5.74, 6) is 6.62. The maximum atomic E-state index is 13.6. The number of carbonyl (C=O) groups excluding carboxylic acids is 2. The van der Waals surface area contributed by atoms with E-state index in [2.05, 4.69) is 22.5 Å². The number of carbonyl (C=O) groups is 2. The molecule has 0 radical (unpaired) electrons. The van der Waals surface area contributed by atoms with Gasteiger partial charge >= 0.3 is 0 Å². The summed E-state index contributed by atoms with van der Waals surface area (Å²) in [6, 6.07) is 13.5. The monoisotopic (exact) mass is 765 g/mol. The average Bonchev–Trinajstić information content (AvgIpc) is 3.25. The first-order valence-electron chi connectivity index (χ1n) is 20.4. The number of aliphatic hydroxyl groups excluding tert-OH is 3. The van der Waals surface area contributed by atoms with Crippen LogP contribution in [0, 0.1) is 35.5 Å². The number of ketones is 2. The van der Waals surface area contributed by atoms with Gasteiger partial charge in [-0.05, 0) is 104 Å². The Kier molecular flexibility index (Phi) is 14.5. The molecule has 2 fully saturated rings. The SMILES string of the molecule is COc1cc2c(cc1O)[C@H](C[C@H](O)[C@H](O)C[C@H](/C=C/c1ccccc1)C1=CCNC(N)=C1)C#C[C@H]([C@H](O)CCCC[C@@H]1CN[C@@H]3CC(=O)CC[C@@H]3C1)C(=O)CC2. The third-order valence-corrected chi connectivity index (χ3v) is 12.2. The number of Topliss-reactive ketones (excluding diaryl/α,β-unsaturated/α-hetero) is 2. The number of unbranched alkanes of at least 4 members (excludes halogenated alkanes) is 1. The van der Waals surface area contributed by atoms with Gasteiger partial charge < -0.3 is 41.5 Å². The minimum atomic E-state index is -1.19. The van der Waals surface area contributed by atoms with E-state index < -0.39 is 30.1 Å². The Morgan fingerprint density at radius 2 is 1.86 bits per heavy atom. The number of ether oxygens (including phenoxy) is 1. The molecule has 2 aromatic carbocycles. The van der Waals surface area contributed by atoms with E-state index in [1.54, 1.807) is 12.1 Å². The number of phenolic OH excluding ortho intramolecular Hbond substituents is 1. The fraction of sp³-hybridized carbons (Fsp3) is 0.522. The number of allylic oxidation sites excluding steroid dienone is 3. The normalized spacial score (nSPS) is 26.0. The lowest BCUT2D eigenvalue weighted by molar-refractivity contribution is -0.124. The van der Waals surface area contributed by atoms with Crippen molar-refractivity contribution in [3.05, 3.63) is 88.8 Å². The van der Waals surface area contributed by atoms with Gasteiger partial charge in [0.1, 0.15) is 11.7 Å². The fourth-order valence-corrected chi connectivity index (χ4v) is 8.94. The van der Waals surface area contributed by atoms with E-state index in [1.807, 2.05) is 54.6 Å². The molecule has 0 aromatic heterocycles. The molecular formula is C46H59N3O7. The number of aryl methyl sites for hydroxylation is 1. The summed E-state index contributed by atoms with van der Waals surface area (Å²) in [5.41, 5.74) is 9.48. The standard InChI is InChI=1S/C46H59N3O7/c1-56-45-24-34-15-18-41(52)37(40(51)10-6-5-9-30-21-35-13-16-36(50)26-39(35)49-28-30)17-14-33(38(34)27-44(45)55)23-43(54)42(53)22-31(32-19-20-48-46(47)25-32)12-11-29-7-3-2-4-8-29/h2-4,7-8,11-12,19,24-25,27,30-31,33,35,37,39-40,42-43,48-49,51,53-55H,5-6,9-10,13,15-16,18,20-23,26,28,47H2,1H3/b12-11+/t30-,31-,33-,35+,37+,39+,40+,42+,43-/m0/s1. The van der Waals surface area contributed by atoms with Gasteiger partial charge in [-0.25, -0.2) is 0 Å². The van der Waals surface area contributed by atoms with Gasteiger partial charge in [-0.2, -0.15) is 0 Å². The van der Waals surface area contributed by atoms with Crippen molar-refractivity contribution in [3.8, 4) is 23.3 Å². The molecule has 9 atom stereocenters. The highest BCUT2D eigenvalue weighted by molar-refractivity contribution is 5.85. The summed E-state index contributed by atoms with van der Waals surface area (Å²) in [5, 5.41) is 52.1. The maximum absolute atomic E-state index is 13.6. The van der Waals surface area contributed by atoms with Crippen LogP contribution in [0.2, 0.25) is 0 Å². The average molecular weight is 766 g/mol. The van der Waals surface area contributed by atoms with Gasteiger partial charge in [-0.3, -0.25) is 9.59 Å². The van der Waals surface area contributed by atoms with Gasteiger partial charge in [0.2, 0.25) is 0 Å². The molecular weight excluding hydrogens is 707 g/mol. The number of aliphatic hydroxyl groups is 3. The number of rotatable bonds is 15. The molecule has 1 saturated carbocycles. The summed E-state index contributed by atoms with van der Waals surface area (Å²) in [7, 11) is 1.47. The Morgan fingerprint density at radius 1 is 1.04 bits per heavy atom. The first-order valence-corrected chi connectivity index (χ1v) is 20.4. The molecule has 2 aromatic rings. The Morgan fingerprint density at radius 3 is 2.64 bits per heavy atom. The predicted octanol–water partition coefficient (Wildman–Crippen LogP) is 5.05. The largest absolute Gasteiger partial charge is 0.504 e. The quantitative estimate of drug-likeness (QED) is 0.0961. The van der Waals surface area contributed by atoms with E-state index in [0.717, 1.165) is 55.3 Å². The molecule has 56 heavy (non-hydrogen) atoms. The van der Waals surface area contributed by atoms with Crippen molar-refractivity contribution in [3.63, 3.8) is 0 Å². The molecule has 0 amide bonds. The van der Waals surface area contributed by atoms with Gasteiger partial charge in [0.15, 0.2) is 17.3 Å². The second kappa shape index (κ2) is 19.6. The lowest BCUT2D eigenvalue weighted by atomic mass is 9.74. The molecule has 300 valence electrons. The number of phenols is 1. The van der Waals surface area contributed by atoms with Crippen LogP contribution in [-0.2, 0) is 16.0 Å². The number of nitrogens with one attached hydrogen (secondary N) is 2. The van der Waals surface area contributed by atoms with Gasteiger partial charge in [0.25, 0.3) is 0 Å². The Labute approximate surface area is 331 Å². The van der Waals surface area contributed by atoms with Crippen molar-refractivity contribution in [2.75, 3.05) is 20.2 Å². The maximum Gasteiger partial charge on any atom is 0.160 e. The van der Waals surface area contributed by atoms with Crippen molar-refractivity contribution < 1.29 is 34.8 Å². The number of benzene rings is 2. The van der Waals surface area contributed by atoms with E-state index >= 15 is 0 Å². The lowest BCUT2D eigenvalue weighted by Gasteiger charge is -2.39. The van der Waals surface area contributed by atoms with Gasteiger partial charge in [-0.15, -0.1) is 0 Å². The molecule has 0 spiro atoms. The first kappa shape index (κ1) is 41.2. The highest BCUT2D eigenvalue weighted by Gasteiger charge is 2.35. The van der Waals surface area contributed by atoms with Crippen LogP contribution in [0.5, 0.6) is 11.5 Å². The molecule has 0 unspecified atom stereocenters. The smallest absolute Gasteiger partial charge is 0.160 e. The molecule has 2 heterocycles. The number of aromatic hydroxyl groups is 1. The number of dihydropyridines is 1. The topological polar surface area (TPSA) is 174 Å². The molecule has 10 heteroatoms. The van der Waals surface area contributed by atoms with Crippen LogP contribution in [0.4, 0.5) is 0 Å². The van der Waals surface area contributed by atoms with Gasteiger partial charge in [0, 0.05) is 43.7 Å². The zero-order valence-electron chi connectivity index (χ0n) is 32.5. The van der Waals surface area contributed by atoms with Crippen LogP contribution >= 0.6 is 0 Å². The molecule has 6 rings (SSSR count). The lowest BCUT2D eigenvalue weighted by Crippen LogP contribution is -2.48. The minimum absolute atomic E-state index is 0.0447. The van der Waals surface area contributed by atoms with Gasteiger partial charge in [-0.1, -0.05) is 73.2 Å². The highest BCUT2D eigenvalue weighted by Crippen LogP contribution is 2.38. The fourth-order valence-electron chi connectivity index (χ4n) is 8.94. The van der Waals surface area contributed by atoms with E-state index in [4.69, 9.17) is 10.5 Å². The summed E-state index contributed by atoms with van der Waals surface area (Å²) in [6.07, 6.45) is 12.0. The second-order valence-electron chi connectivity index (χ2n) is 16.2. The number of nitrogens with two attached hydrogens (primary N) is 1. The first-order chi connectivity index (χ1) is 27.1. The van der Waals surface area contributed by atoms with Crippen LogP contribution in [-0.4, -0.2) is 76.5 Å². The van der Waals surface area contributed by atoms with Crippen LogP contribution in [0.3, 0.4) is 0 Å². The van der Waals surface area contributed by atoms with Gasteiger partial charge in [0.05, 0.1) is 31.2 Å². The Bertz CT molecular complexity index is 1830. The summed E-state index contributed by atoms with van der Waals surface area (Å²) in [6.45, 7) is 1.47. The number of piperidine rings is 1. The molecule has 0 bridgehead atoms. The Hall–Kier alpha value is -4.40. The van der Waals surface area contributed by atoms with Crippen molar-refractivity contribution in [1.82, 2.24) is 10.6 Å². The van der Waals surface area contributed by atoms with Crippen molar-refractivity contribution >= 4 is 17.6 Å². The van der Waals surface area contributed by atoms with E-state index in [-0.39, 0.29) is 42.5 Å². The van der Waals surface area contributed by atoms with E-state index in [0.29, 0.717) is 67.3 Å². The summed E-state index contributed by atoms with van der Waals surface area (Å²) in [4.78, 5) is 25.5.